The molecule has 0 fully saturated rings. The van der Waals surface area contributed by atoms with Gasteiger partial charge in [0, 0.05) is 34.9 Å². The number of aliphatic hydroxyl groups excluding tert-OH is 1. The predicted molar refractivity (Wildman–Crippen MR) is 121 cm³/mol. The highest BCUT2D eigenvalue weighted by molar-refractivity contribution is 5.49. The van der Waals surface area contributed by atoms with E-state index in [4.69, 9.17) is 5.11 Å². The molecule has 0 atom stereocenters. The molecule has 0 spiro atoms. The lowest BCUT2D eigenvalue weighted by Crippen LogP contribution is -2.34. The molecular weight excluding hydrogens is 358 g/mol. The predicted octanol–water partition coefficient (Wildman–Crippen LogP) is 5.42. The van der Waals surface area contributed by atoms with E-state index in [1.807, 2.05) is 0 Å². The van der Waals surface area contributed by atoms with Gasteiger partial charge in [-0.2, -0.15) is 0 Å². The van der Waals surface area contributed by atoms with Gasteiger partial charge in [0.1, 0.15) is 5.75 Å². The molecule has 2 N–H and O–H groups in total. The smallest absolute Gasteiger partial charge is 0.173 e. The van der Waals surface area contributed by atoms with Gasteiger partial charge in [0.2, 0.25) is 0 Å². The molecule has 29 heavy (non-hydrogen) atoms. The number of benzene rings is 1. The Morgan fingerprint density at radius 1 is 0.828 bits per heavy atom. The molecule has 0 saturated carbocycles. The number of hydrogen-bond acceptors (Lipinski definition) is 2. The van der Waals surface area contributed by atoms with E-state index in [2.05, 4.69) is 82.8 Å². The Morgan fingerprint density at radius 3 is 1.97 bits per heavy atom. The maximum absolute atomic E-state index is 10.9. The van der Waals surface area contributed by atoms with Gasteiger partial charge in [-0.15, -0.1) is 0 Å². The third kappa shape index (κ3) is 6.85. The summed E-state index contributed by atoms with van der Waals surface area (Å²) in [6.07, 6.45) is 9.76. The normalized spacial score (nSPS) is 12.4. The summed E-state index contributed by atoms with van der Waals surface area (Å²) in [4.78, 5) is 0. The molecule has 3 nitrogen and oxygen atoms in total. The fourth-order valence-corrected chi connectivity index (χ4v) is 3.76. The molecule has 0 unspecified atom stereocenters. The van der Waals surface area contributed by atoms with E-state index in [1.54, 1.807) is 0 Å². The van der Waals surface area contributed by atoms with Crippen molar-refractivity contribution in [2.45, 2.75) is 91.0 Å². The van der Waals surface area contributed by atoms with Crippen molar-refractivity contribution in [3.05, 3.63) is 58.9 Å². The Hall–Kier alpha value is -1.87. The van der Waals surface area contributed by atoms with E-state index in [-0.39, 0.29) is 10.8 Å². The Morgan fingerprint density at radius 2 is 1.41 bits per heavy atom. The maximum atomic E-state index is 10.9. The summed E-state index contributed by atoms with van der Waals surface area (Å²) in [7, 11) is 0. The van der Waals surface area contributed by atoms with Gasteiger partial charge in [-0.3, -0.25) is 0 Å². The second-order valence-electron chi connectivity index (χ2n) is 10.3. The number of aromatic hydroxyl groups is 1. The van der Waals surface area contributed by atoms with Crippen LogP contribution in [0.25, 0.3) is 0 Å². The van der Waals surface area contributed by atoms with Crippen molar-refractivity contribution in [1.82, 2.24) is 0 Å². The van der Waals surface area contributed by atoms with Gasteiger partial charge in [0.05, 0.1) is 0 Å². The van der Waals surface area contributed by atoms with E-state index < -0.39 is 0 Å². The summed E-state index contributed by atoms with van der Waals surface area (Å²) in [5, 5.41) is 19.8. The number of phenolic OH excluding ortho intramolecular Hbond substituents is 1. The second-order valence-corrected chi connectivity index (χ2v) is 10.3. The molecular formula is C26H40NO2+. The van der Waals surface area contributed by atoms with Crippen LogP contribution in [0.1, 0.15) is 89.5 Å². The quantitative estimate of drug-likeness (QED) is 0.461. The molecule has 1 aromatic carbocycles. The molecule has 2 aromatic rings. The molecule has 3 heteroatoms. The Bertz CT molecular complexity index is 762. The van der Waals surface area contributed by atoms with Gasteiger partial charge in [0.25, 0.3) is 0 Å². The highest BCUT2D eigenvalue weighted by atomic mass is 16.3. The van der Waals surface area contributed by atoms with E-state index >= 15 is 0 Å². The van der Waals surface area contributed by atoms with E-state index in [0.717, 1.165) is 49.8 Å². The first-order valence-corrected chi connectivity index (χ1v) is 11.0. The molecule has 0 radical (unpaired) electrons. The molecule has 0 aliphatic carbocycles. The Labute approximate surface area is 177 Å². The Kier molecular flexibility index (Phi) is 7.87. The van der Waals surface area contributed by atoms with E-state index in [9.17, 15) is 5.11 Å². The summed E-state index contributed by atoms with van der Waals surface area (Å²) in [6.45, 7) is 14.0. The first-order valence-electron chi connectivity index (χ1n) is 11.0. The molecule has 0 bridgehead atoms. The molecule has 2 rings (SSSR count). The lowest BCUT2D eigenvalue weighted by atomic mass is 9.78. The molecule has 0 amide bonds. The standard InChI is InChI=1S/C26H39NO2/c1-25(2,3)22-16-21(17-23(24(22)29)26(4,5)6)19-27-14-11-13-20(18-27)12-9-7-8-10-15-28/h11,13-14,16-18,28H,7-10,12,15,19H2,1-6H3/p+1. The van der Waals surface area contributed by atoms with Crippen LogP contribution in [0, 0.1) is 0 Å². The minimum absolute atomic E-state index is 0.110. The lowest BCUT2D eigenvalue weighted by molar-refractivity contribution is -0.688. The van der Waals surface area contributed by atoms with Gasteiger partial charge in [-0.1, -0.05) is 54.4 Å². The highest BCUT2D eigenvalue weighted by Gasteiger charge is 2.27. The minimum Gasteiger partial charge on any atom is -0.507 e. The molecule has 0 saturated heterocycles. The van der Waals surface area contributed by atoms with Crippen molar-refractivity contribution >= 4 is 0 Å². The largest absolute Gasteiger partial charge is 0.507 e. The molecule has 0 aliphatic rings. The van der Waals surface area contributed by atoms with Crippen LogP contribution >= 0.6 is 0 Å². The van der Waals surface area contributed by atoms with Crippen LogP contribution in [0.4, 0.5) is 0 Å². The fourth-order valence-electron chi connectivity index (χ4n) is 3.76. The third-order valence-electron chi connectivity index (χ3n) is 5.44. The van der Waals surface area contributed by atoms with Crippen LogP contribution in [0.2, 0.25) is 0 Å². The third-order valence-corrected chi connectivity index (χ3v) is 5.44. The average molecular weight is 399 g/mol. The topological polar surface area (TPSA) is 44.3 Å². The number of hydrogen-bond donors (Lipinski definition) is 2. The van der Waals surface area contributed by atoms with Gasteiger partial charge in [-0.25, -0.2) is 4.57 Å². The van der Waals surface area contributed by atoms with Crippen LogP contribution in [-0.4, -0.2) is 16.8 Å². The number of nitrogens with zero attached hydrogens (tertiary/aromatic N) is 1. The zero-order valence-corrected chi connectivity index (χ0v) is 19.3. The van der Waals surface area contributed by atoms with Gasteiger partial charge < -0.3 is 10.2 Å². The number of aryl methyl sites for hydroxylation is 1. The van der Waals surface area contributed by atoms with Crippen LogP contribution in [-0.2, 0) is 23.8 Å². The lowest BCUT2D eigenvalue weighted by Gasteiger charge is -2.27. The second kappa shape index (κ2) is 9.75. The monoisotopic (exact) mass is 398 g/mol. The average Bonchev–Trinajstić information content (AvgIpc) is 2.61. The summed E-state index contributed by atoms with van der Waals surface area (Å²) in [6, 6.07) is 8.65. The summed E-state index contributed by atoms with van der Waals surface area (Å²) >= 11 is 0. The molecule has 1 aromatic heterocycles. The first kappa shape index (κ1) is 23.4. The fraction of sp³-hybridized carbons (Fsp3) is 0.577. The molecule has 0 aliphatic heterocycles. The number of pyridine rings is 1. The Balaban J connectivity index is 2.24. The van der Waals surface area contributed by atoms with Gasteiger partial charge in [0.15, 0.2) is 18.9 Å². The van der Waals surface area contributed by atoms with Crippen molar-refractivity contribution in [1.29, 1.82) is 0 Å². The SMILES string of the molecule is CC(C)(C)c1cc(C[n+]2cccc(CCCCCCO)c2)cc(C(C)(C)C)c1O. The number of unbranched alkanes of at least 4 members (excludes halogenated alkanes) is 3. The van der Waals surface area contributed by atoms with Crippen LogP contribution in [0.3, 0.4) is 0 Å². The van der Waals surface area contributed by atoms with Crippen molar-refractivity contribution in [2.75, 3.05) is 6.61 Å². The number of phenols is 1. The minimum atomic E-state index is -0.110. The van der Waals surface area contributed by atoms with Gasteiger partial charge in [-0.05, 0) is 48.3 Å². The summed E-state index contributed by atoms with van der Waals surface area (Å²) < 4.78 is 2.24. The van der Waals surface area contributed by atoms with Gasteiger partial charge >= 0.3 is 0 Å². The van der Waals surface area contributed by atoms with Crippen LogP contribution < -0.4 is 4.57 Å². The number of aromatic nitrogens is 1. The maximum Gasteiger partial charge on any atom is 0.173 e. The number of aliphatic hydroxyl groups is 1. The molecule has 160 valence electrons. The van der Waals surface area contributed by atoms with Crippen molar-refractivity contribution in [2.24, 2.45) is 0 Å². The van der Waals surface area contributed by atoms with Crippen LogP contribution in [0.5, 0.6) is 5.75 Å². The van der Waals surface area contributed by atoms with Crippen molar-refractivity contribution < 1.29 is 14.8 Å². The van der Waals surface area contributed by atoms with E-state index in [1.165, 1.54) is 11.1 Å². The van der Waals surface area contributed by atoms with Crippen LogP contribution in [0.15, 0.2) is 36.7 Å². The summed E-state index contributed by atoms with van der Waals surface area (Å²) in [5.74, 6) is 0.440. The highest BCUT2D eigenvalue weighted by Crippen LogP contribution is 2.39. The zero-order valence-electron chi connectivity index (χ0n) is 19.3. The first-order chi connectivity index (χ1) is 13.5. The summed E-state index contributed by atoms with van der Waals surface area (Å²) in [5.41, 5.74) is 4.38. The molecule has 1 heterocycles. The van der Waals surface area contributed by atoms with Crippen molar-refractivity contribution in [3.8, 4) is 5.75 Å². The number of rotatable bonds is 8. The van der Waals surface area contributed by atoms with E-state index in [0.29, 0.717) is 12.4 Å². The van der Waals surface area contributed by atoms with Crippen molar-refractivity contribution in [3.63, 3.8) is 0 Å². The zero-order chi connectivity index (χ0) is 21.7.